The van der Waals surface area contributed by atoms with Crippen molar-refractivity contribution in [3.8, 4) is 0 Å². The number of amides is 1. The molecule has 1 atom stereocenters. The Labute approximate surface area is 110 Å². The first-order valence-corrected chi connectivity index (χ1v) is 7.25. The molecule has 1 heterocycles. The van der Waals surface area contributed by atoms with Crippen molar-refractivity contribution in [3.05, 3.63) is 12.7 Å². The molecule has 2 rings (SSSR count). The number of hydrogen-bond acceptors (Lipinski definition) is 2. The van der Waals surface area contributed by atoms with Crippen molar-refractivity contribution < 1.29 is 9.53 Å². The molecule has 3 heteroatoms. The lowest BCUT2D eigenvalue weighted by molar-refractivity contribution is -0.131. The molecule has 0 radical (unpaired) electrons. The Morgan fingerprint density at radius 1 is 1.33 bits per heavy atom. The third-order valence-corrected chi connectivity index (χ3v) is 4.31. The van der Waals surface area contributed by atoms with E-state index in [9.17, 15) is 4.79 Å². The normalized spacial score (nSPS) is 32.2. The van der Waals surface area contributed by atoms with Gasteiger partial charge in [-0.2, -0.15) is 0 Å². The van der Waals surface area contributed by atoms with E-state index in [-0.39, 0.29) is 12.0 Å². The van der Waals surface area contributed by atoms with Gasteiger partial charge in [-0.1, -0.05) is 13.5 Å². The number of hydrogen-bond donors (Lipinski definition) is 0. The summed E-state index contributed by atoms with van der Waals surface area (Å²) >= 11 is 0. The van der Waals surface area contributed by atoms with Crippen LogP contribution in [0.25, 0.3) is 0 Å². The molecule has 1 amide bonds. The van der Waals surface area contributed by atoms with Gasteiger partial charge < -0.3 is 9.64 Å². The second kappa shape index (κ2) is 6.37. The van der Waals surface area contributed by atoms with Gasteiger partial charge >= 0.3 is 0 Å². The zero-order chi connectivity index (χ0) is 13.0. The second-order valence-corrected chi connectivity index (χ2v) is 5.74. The van der Waals surface area contributed by atoms with E-state index in [1.807, 2.05) is 4.90 Å². The van der Waals surface area contributed by atoms with Gasteiger partial charge in [0.15, 0.2) is 0 Å². The summed E-state index contributed by atoms with van der Waals surface area (Å²) in [7, 11) is 0. The molecule has 0 aromatic carbocycles. The molecule has 1 aliphatic carbocycles. The van der Waals surface area contributed by atoms with Crippen LogP contribution in [0.15, 0.2) is 12.7 Å². The first kappa shape index (κ1) is 13.6. The highest BCUT2D eigenvalue weighted by molar-refractivity contribution is 5.87. The minimum atomic E-state index is 0.0741. The van der Waals surface area contributed by atoms with E-state index < -0.39 is 0 Å². The second-order valence-electron chi connectivity index (χ2n) is 5.74. The maximum atomic E-state index is 12.0. The van der Waals surface area contributed by atoms with Crippen molar-refractivity contribution >= 4 is 5.91 Å². The summed E-state index contributed by atoms with van der Waals surface area (Å²) in [5.74, 6) is 0.884. The van der Waals surface area contributed by atoms with Gasteiger partial charge in [0.1, 0.15) is 0 Å². The Bertz CT molecular complexity index is 289. The van der Waals surface area contributed by atoms with Gasteiger partial charge in [0.25, 0.3) is 0 Å². The summed E-state index contributed by atoms with van der Waals surface area (Å²) < 4.78 is 5.66. The molecule has 18 heavy (non-hydrogen) atoms. The molecule has 3 nitrogen and oxygen atoms in total. The van der Waals surface area contributed by atoms with Crippen LogP contribution in [0.3, 0.4) is 0 Å². The Balaban J connectivity index is 1.95. The van der Waals surface area contributed by atoms with E-state index in [1.54, 1.807) is 0 Å². The van der Waals surface area contributed by atoms with Gasteiger partial charge in [-0.25, -0.2) is 0 Å². The molecule has 2 fully saturated rings. The maximum Gasteiger partial charge on any atom is 0.246 e. The fraction of sp³-hybridized carbons (Fsp3) is 0.800. The predicted molar refractivity (Wildman–Crippen MR) is 72.3 cm³/mol. The molecular weight excluding hydrogens is 226 g/mol. The largest absolute Gasteiger partial charge is 0.376 e. The molecule has 1 saturated carbocycles. The zero-order valence-electron chi connectivity index (χ0n) is 11.4. The fourth-order valence-corrected chi connectivity index (χ4v) is 3.10. The van der Waals surface area contributed by atoms with Crippen LogP contribution in [0, 0.1) is 5.92 Å². The van der Waals surface area contributed by atoms with Crippen molar-refractivity contribution in [2.45, 2.75) is 57.6 Å². The predicted octanol–water partition coefficient (Wildman–Crippen LogP) is 2.76. The number of nitrogens with zero attached hydrogens (tertiary/aromatic N) is 1. The third-order valence-electron chi connectivity index (χ3n) is 4.31. The molecule has 0 unspecified atom stereocenters. The molecule has 0 spiro atoms. The van der Waals surface area contributed by atoms with E-state index in [0.29, 0.717) is 6.04 Å². The summed E-state index contributed by atoms with van der Waals surface area (Å²) in [5.41, 5.74) is 0. The van der Waals surface area contributed by atoms with Gasteiger partial charge in [-0.15, -0.1) is 0 Å². The summed E-state index contributed by atoms with van der Waals surface area (Å²) in [6, 6.07) is 0.399. The Kier molecular flexibility index (Phi) is 4.81. The number of carbonyl (C=O) groups excluding carboxylic acids is 1. The average Bonchev–Trinajstić information content (AvgIpc) is 2.89. The van der Waals surface area contributed by atoms with Gasteiger partial charge in [0, 0.05) is 19.2 Å². The minimum absolute atomic E-state index is 0.0741. The number of carbonyl (C=O) groups is 1. The smallest absolute Gasteiger partial charge is 0.246 e. The van der Waals surface area contributed by atoms with Crippen LogP contribution in [-0.2, 0) is 9.53 Å². The summed E-state index contributed by atoms with van der Waals surface area (Å²) in [4.78, 5) is 14.0. The third kappa shape index (κ3) is 3.35. The first-order valence-electron chi connectivity index (χ1n) is 7.25. The first-order chi connectivity index (χ1) is 8.70. The van der Waals surface area contributed by atoms with Crippen LogP contribution < -0.4 is 0 Å². The lowest BCUT2D eigenvalue weighted by Crippen LogP contribution is -2.45. The van der Waals surface area contributed by atoms with Crippen LogP contribution in [0.4, 0.5) is 0 Å². The Hall–Kier alpha value is -0.830. The molecule has 2 aliphatic rings. The van der Waals surface area contributed by atoms with E-state index in [1.165, 1.54) is 18.9 Å². The molecule has 0 aromatic rings. The summed E-state index contributed by atoms with van der Waals surface area (Å²) in [6.45, 7) is 7.54. The lowest BCUT2D eigenvalue weighted by atomic mass is 9.86. The van der Waals surface area contributed by atoms with Crippen molar-refractivity contribution in [2.24, 2.45) is 5.92 Å². The molecular formula is C15H25NO2. The molecule has 0 N–H and O–H groups in total. The van der Waals surface area contributed by atoms with Crippen molar-refractivity contribution in [2.75, 3.05) is 13.2 Å². The topological polar surface area (TPSA) is 29.5 Å². The quantitative estimate of drug-likeness (QED) is 0.719. The SMILES string of the molecule is C=CC(=O)N(C[C@@H]1CCCO1)C1CCC(C)CC1. The highest BCUT2D eigenvalue weighted by Crippen LogP contribution is 2.28. The van der Waals surface area contributed by atoms with Crippen molar-refractivity contribution in [3.63, 3.8) is 0 Å². The van der Waals surface area contributed by atoms with Gasteiger partial charge in [0.05, 0.1) is 6.10 Å². The van der Waals surface area contributed by atoms with Crippen molar-refractivity contribution in [1.82, 2.24) is 4.90 Å². The van der Waals surface area contributed by atoms with Gasteiger partial charge in [-0.3, -0.25) is 4.79 Å². The van der Waals surface area contributed by atoms with Crippen molar-refractivity contribution in [1.29, 1.82) is 0 Å². The van der Waals surface area contributed by atoms with Crippen LogP contribution >= 0.6 is 0 Å². The van der Waals surface area contributed by atoms with Crippen LogP contribution in [0.2, 0.25) is 0 Å². The Morgan fingerprint density at radius 2 is 2.06 bits per heavy atom. The lowest BCUT2D eigenvalue weighted by Gasteiger charge is -2.36. The van der Waals surface area contributed by atoms with E-state index >= 15 is 0 Å². The standard InChI is InChI=1S/C15H25NO2/c1-3-15(17)16(11-14-5-4-10-18-14)13-8-6-12(2)7-9-13/h3,12-14H,1,4-11H2,2H3/t12?,13?,14-/m0/s1. The maximum absolute atomic E-state index is 12.0. The Morgan fingerprint density at radius 3 is 2.61 bits per heavy atom. The summed E-state index contributed by atoms with van der Waals surface area (Å²) in [5, 5.41) is 0. The summed E-state index contributed by atoms with van der Waals surface area (Å²) in [6.07, 6.45) is 8.64. The van der Waals surface area contributed by atoms with E-state index in [0.717, 1.165) is 44.8 Å². The van der Waals surface area contributed by atoms with Crippen LogP contribution in [0.1, 0.15) is 45.4 Å². The van der Waals surface area contributed by atoms with Crippen LogP contribution in [-0.4, -0.2) is 36.1 Å². The highest BCUT2D eigenvalue weighted by Gasteiger charge is 2.29. The van der Waals surface area contributed by atoms with E-state index in [4.69, 9.17) is 4.74 Å². The molecule has 0 aromatic heterocycles. The monoisotopic (exact) mass is 251 g/mol. The van der Waals surface area contributed by atoms with E-state index in [2.05, 4.69) is 13.5 Å². The van der Waals surface area contributed by atoms with Gasteiger partial charge in [0.2, 0.25) is 5.91 Å². The molecule has 0 bridgehead atoms. The minimum Gasteiger partial charge on any atom is -0.376 e. The average molecular weight is 251 g/mol. The number of ether oxygens (including phenoxy) is 1. The zero-order valence-corrected chi connectivity index (χ0v) is 11.4. The number of rotatable bonds is 4. The van der Waals surface area contributed by atoms with Crippen LogP contribution in [0.5, 0.6) is 0 Å². The molecule has 1 aliphatic heterocycles. The fourth-order valence-electron chi connectivity index (χ4n) is 3.10. The molecule has 102 valence electrons. The molecule has 1 saturated heterocycles. The van der Waals surface area contributed by atoms with Gasteiger partial charge in [-0.05, 0) is 50.5 Å². The highest BCUT2D eigenvalue weighted by atomic mass is 16.5.